The Balaban J connectivity index is 1.51. The summed E-state index contributed by atoms with van der Waals surface area (Å²) in [6, 6.07) is 19.0. The maximum Gasteiger partial charge on any atom is 0.293 e. The van der Waals surface area contributed by atoms with E-state index in [2.05, 4.69) is 0 Å². The molecule has 34 heavy (non-hydrogen) atoms. The van der Waals surface area contributed by atoms with Crippen LogP contribution in [0, 0.1) is 5.82 Å². The fourth-order valence-electron chi connectivity index (χ4n) is 3.35. The molecular weight excluding hydrogens is 477 g/mol. The van der Waals surface area contributed by atoms with Gasteiger partial charge in [-0.1, -0.05) is 54.1 Å². The van der Waals surface area contributed by atoms with Gasteiger partial charge in [0.2, 0.25) is 0 Å². The highest BCUT2D eigenvalue weighted by Crippen LogP contribution is 2.36. The number of ether oxygens (including phenoxy) is 2. The molecule has 0 saturated carbocycles. The van der Waals surface area contributed by atoms with Gasteiger partial charge in [-0.25, -0.2) is 4.39 Å². The number of rotatable bonds is 8. The van der Waals surface area contributed by atoms with Crippen LogP contribution in [0.2, 0.25) is 5.02 Å². The summed E-state index contributed by atoms with van der Waals surface area (Å²) < 4.78 is 25.0. The van der Waals surface area contributed by atoms with Crippen molar-refractivity contribution in [2.75, 3.05) is 6.61 Å². The first kappa shape index (κ1) is 23.9. The van der Waals surface area contributed by atoms with Gasteiger partial charge in [0, 0.05) is 5.02 Å². The van der Waals surface area contributed by atoms with Crippen molar-refractivity contribution < 1.29 is 23.5 Å². The third kappa shape index (κ3) is 5.61. The van der Waals surface area contributed by atoms with Gasteiger partial charge in [-0.2, -0.15) is 0 Å². The Morgan fingerprint density at radius 1 is 1.00 bits per heavy atom. The molecule has 0 unspecified atom stereocenters. The third-order valence-corrected chi connectivity index (χ3v) is 6.28. The monoisotopic (exact) mass is 497 g/mol. The van der Waals surface area contributed by atoms with E-state index in [-0.39, 0.29) is 16.5 Å². The Kier molecular flexibility index (Phi) is 7.55. The van der Waals surface area contributed by atoms with Crippen molar-refractivity contribution in [3.05, 3.63) is 99.2 Å². The normalized spacial score (nSPS) is 14.7. The second-order valence-electron chi connectivity index (χ2n) is 7.42. The van der Waals surface area contributed by atoms with E-state index in [1.807, 2.05) is 37.3 Å². The molecule has 0 N–H and O–H groups in total. The Morgan fingerprint density at radius 3 is 2.53 bits per heavy atom. The molecule has 1 aliphatic rings. The maximum atomic E-state index is 13.3. The summed E-state index contributed by atoms with van der Waals surface area (Å²) >= 11 is 6.90. The summed E-state index contributed by atoms with van der Waals surface area (Å²) in [5, 5.41) is -0.250. The van der Waals surface area contributed by atoms with E-state index in [1.54, 1.807) is 24.3 Å². The van der Waals surface area contributed by atoms with Crippen LogP contribution in [0.25, 0.3) is 6.08 Å². The van der Waals surface area contributed by atoms with Gasteiger partial charge in [0.05, 0.1) is 18.1 Å². The van der Waals surface area contributed by atoms with Crippen LogP contribution in [0.5, 0.6) is 11.5 Å². The zero-order chi connectivity index (χ0) is 24.1. The highest BCUT2D eigenvalue weighted by Gasteiger charge is 2.35. The van der Waals surface area contributed by atoms with Gasteiger partial charge < -0.3 is 9.47 Å². The van der Waals surface area contributed by atoms with Crippen molar-refractivity contribution in [2.24, 2.45) is 0 Å². The van der Waals surface area contributed by atoms with Gasteiger partial charge >= 0.3 is 0 Å². The summed E-state index contributed by atoms with van der Waals surface area (Å²) in [5.74, 6) is 0.216. The number of amides is 2. The van der Waals surface area contributed by atoms with E-state index < -0.39 is 17.0 Å². The van der Waals surface area contributed by atoms with Gasteiger partial charge in [0.25, 0.3) is 11.1 Å². The van der Waals surface area contributed by atoms with Crippen molar-refractivity contribution in [1.29, 1.82) is 0 Å². The summed E-state index contributed by atoms with van der Waals surface area (Å²) in [4.78, 5) is 26.7. The number of benzene rings is 3. The number of carbonyl (C=O) groups is 2. The number of carbonyl (C=O) groups excluding carboxylic acids is 2. The van der Waals surface area contributed by atoms with Gasteiger partial charge in [-0.05, 0) is 65.7 Å². The lowest BCUT2D eigenvalue weighted by molar-refractivity contribution is -0.123. The molecule has 8 heteroatoms. The van der Waals surface area contributed by atoms with Crippen LogP contribution in [-0.2, 0) is 17.9 Å². The van der Waals surface area contributed by atoms with Crippen LogP contribution < -0.4 is 9.47 Å². The van der Waals surface area contributed by atoms with Crippen molar-refractivity contribution in [2.45, 2.75) is 20.1 Å². The predicted molar refractivity (Wildman–Crippen MR) is 131 cm³/mol. The molecule has 0 aliphatic carbocycles. The molecular formula is C26H21ClFNO4S. The first-order valence-corrected chi connectivity index (χ1v) is 11.8. The smallest absolute Gasteiger partial charge is 0.293 e. The fraction of sp³-hybridized carbons (Fsp3) is 0.154. The molecule has 0 atom stereocenters. The lowest BCUT2D eigenvalue weighted by Gasteiger charge is -2.14. The SMILES string of the molecule is CCOc1cc(/C=C2/SC(=O)N(Cc3ccc(F)cc3Cl)C2=O)ccc1OCc1ccccc1. The summed E-state index contributed by atoms with van der Waals surface area (Å²) in [6.07, 6.45) is 1.64. The van der Waals surface area contributed by atoms with E-state index in [1.165, 1.54) is 12.1 Å². The van der Waals surface area contributed by atoms with Crippen LogP contribution >= 0.6 is 23.4 Å². The molecule has 3 aromatic carbocycles. The lowest BCUT2D eigenvalue weighted by atomic mass is 10.1. The maximum absolute atomic E-state index is 13.3. The predicted octanol–water partition coefficient (Wildman–Crippen LogP) is 6.69. The Labute approximate surface area is 206 Å². The van der Waals surface area contributed by atoms with Crippen LogP contribution in [0.1, 0.15) is 23.6 Å². The molecule has 1 fully saturated rings. The van der Waals surface area contributed by atoms with Gasteiger partial charge in [0.1, 0.15) is 12.4 Å². The number of halogens is 2. The minimum atomic E-state index is -0.482. The second kappa shape index (κ2) is 10.8. The van der Waals surface area contributed by atoms with Crippen molar-refractivity contribution in [3.63, 3.8) is 0 Å². The first-order chi connectivity index (χ1) is 16.4. The highest BCUT2D eigenvalue weighted by atomic mass is 35.5. The van der Waals surface area contributed by atoms with Crippen molar-refractivity contribution in [1.82, 2.24) is 4.90 Å². The summed E-state index contributed by atoms with van der Waals surface area (Å²) in [6.45, 7) is 2.68. The molecule has 4 rings (SSSR count). The molecule has 1 heterocycles. The van der Waals surface area contributed by atoms with Crippen LogP contribution in [-0.4, -0.2) is 22.7 Å². The Bertz CT molecular complexity index is 1250. The minimum absolute atomic E-state index is 0.0302. The average Bonchev–Trinajstić information content (AvgIpc) is 3.08. The van der Waals surface area contributed by atoms with E-state index in [9.17, 15) is 14.0 Å². The van der Waals surface area contributed by atoms with Gasteiger partial charge in [-0.3, -0.25) is 14.5 Å². The summed E-state index contributed by atoms with van der Waals surface area (Å²) in [7, 11) is 0. The van der Waals surface area contributed by atoms with Crippen molar-refractivity contribution >= 4 is 40.6 Å². The van der Waals surface area contributed by atoms with Gasteiger partial charge in [0.15, 0.2) is 11.5 Å². The largest absolute Gasteiger partial charge is 0.490 e. The number of imide groups is 1. The number of nitrogens with zero attached hydrogens (tertiary/aromatic N) is 1. The molecule has 2 amide bonds. The number of hydrogen-bond donors (Lipinski definition) is 0. The standard InChI is InChI=1S/C26H21ClFNO4S/c1-2-32-23-12-18(8-11-22(23)33-16-17-6-4-3-5-7-17)13-24-25(30)29(26(31)34-24)15-19-9-10-20(28)14-21(19)27/h3-14H,2,15-16H2,1H3/b24-13+. The molecule has 5 nitrogen and oxygen atoms in total. The zero-order valence-corrected chi connectivity index (χ0v) is 19.9. The molecule has 3 aromatic rings. The number of hydrogen-bond acceptors (Lipinski definition) is 5. The second-order valence-corrected chi connectivity index (χ2v) is 8.82. The Morgan fingerprint density at radius 2 is 1.79 bits per heavy atom. The molecule has 0 spiro atoms. The van der Waals surface area contributed by atoms with E-state index >= 15 is 0 Å². The van der Waals surface area contributed by atoms with Crippen LogP contribution in [0.4, 0.5) is 9.18 Å². The molecule has 174 valence electrons. The highest BCUT2D eigenvalue weighted by molar-refractivity contribution is 8.18. The van der Waals surface area contributed by atoms with Crippen LogP contribution in [0.3, 0.4) is 0 Å². The molecule has 1 aliphatic heterocycles. The molecule has 0 bridgehead atoms. The Hall–Kier alpha value is -3.29. The van der Waals surface area contributed by atoms with Crippen LogP contribution in [0.15, 0.2) is 71.6 Å². The molecule has 0 radical (unpaired) electrons. The minimum Gasteiger partial charge on any atom is -0.490 e. The zero-order valence-electron chi connectivity index (χ0n) is 18.3. The lowest BCUT2D eigenvalue weighted by Crippen LogP contribution is -2.27. The third-order valence-electron chi connectivity index (χ3n) is 5.02. The van der Waals surface area contributed by atoms with Crippen molar-refractivity contribution in [3.8, 4) is 11.5 Å². The average molecular weight is 498 g/mol. The van der Waals surface area contributed by atoms with Gasteiger partial charge in [-0.15, -0.1) is 0 Å². The first-order valence-electron chi connectivity index (χ1n) is 10.6. The fourth-order valence-corrected chi connectivity index (χ4v) is 4.41. The topological polar surface area (TPSA) is 55.8 Å². The molecule has 0 aromatic heterocycles. The quantitative estimate of drug-likeness (QED) is 0.324. The summed E-state index contributed by atoms with van der Waals surface area (Å²) in [5.41, 5.74) is 2.22. The molecule has 1 saturated heterocycles. The van der Waals surface area contributed by atoms with E-state index in [0.717, 1.165) is 28.3 Å². The number of thioether (sulfide) groups is 1. The van der Waals surface area contributed by atoms with E-state index in [0.29, 0.717) is 35.8 Å². The van der Waals surface area contributed by atoms with E-state index in [4.69, 9.17) is 21.1 Å².